The summed E-state index contributed by atoms with van der Waals surface area (Å²) in [5.41, 5.74) is 1.92. The summed E-state index contributed by atoms with van der Waals surface area (Å²) in [6.07, 6.45) is 0.710. The molecule has 2 aromatic rings. The minimum absolute atomic E-state index is 0.162. The van der Waals surface area contributed by atoms with Gasteiger partial charge in [0.1, 0.15) is 0 Å². The van der Waals surface area contributed by atoms with E-state index >= 15 is 0 Å². The normalized spacial score (nSPS) is 17.5. The lowest BCUT2D eigenvalue weighted by atomic mass is 10.1. The van der Waals surface area contributed by atoms with E-state index in [0.717, 1.165) is 11.1 Å². The van der Waals surface area contributed by atoms with Gasteiger partial charge in [0, 0.05) is 13.1 Å². The van der Waals surface area contributed by atoms with Crippen LogP contribution in [0.3, 0.4) is 0 Å². The second-order valence-corrected chi connectivity index (χ2v) is 7.15. The van der Waals surface area contributed by atoms with E-state index in [4.69, 9.17) is 18.9 Å². The topological polar surface area (TPSA) is 86.3 Å². The lowest BCUT2D eigenvalue weighted by Crippen LogP contribution is -2.39. The fourth-order valence-electron chi connectivity index (χ4n) is 3.65. The Kier molecular flexibility index (Phi) is 5.76. The third-order valence-electron chi connectivity index (χ3n) is 5.31. The standard InChI is InChI=1S/C22H24N2O6/c1-27-17-5-3-14(9-19(17)28-2)7-8-24-21(25)11-16(22(24)26)23-12-15-4-6-18-20(10-15)30-13-29-18/h3-6,9-10,16,23H,7-8,11-13H2,1-2H3/t16-/m1/s1. The number of carbonyl (C=O) groups is 2. The third kappa shape index (κ3) is 4.04. The number of carbonyl (C=O) groups excluding carboxylic acids is 2. The van der Waals surface area contributed by atoms with Gasteiger partial charge in [-0.1, -0.05) is 12.1 Å². The molecule has 4 rings (SSSR count). The monoisotopic (exact) mass is 412 g/mol. The molecule has 0 aromatic heterocycles. The van der Waals surface area contributed by atoms with Crippen molar-refractivity contribution in [2.24, 2.45) is 0 Å². The van der Waals surface area contributed by atoms with Crippen LogP contribution in [0.15, 0.2) is 36.4 Å². The Morgan fingerprint density at radius 1 is 1.00 bits per heavy atom. The first-order valence-corrected chi connectivity index (χ1v) is 9.76. The van der Waals surface area contributed by atoms with Crippen LogP contribution in [0.4, 0.5) is 0 Å². The van der Waals surface area contributed by atoms with Gasteiger partial charge in [-0.15, -0.1) is 0 Å². The smallest absolute Gasteiger partial charge is 0.246 e. The number of benzene rings is 2. The number of rotatable bonds is 8. The van der Waals surface area contributed by atoms with Crippen LogP contribution in [-0.4, -0.2) is 50.3 Å². The van der Waals surface area contributed by atoms with Crippen molar-refractivity contribution in [3.8, 4) is 23.0 Å². The van der Waals surface area contributed by atoms with E-state index in [2.05, 4.69) is 5.32 Å². The highest BCUT2D eigenvalue weighted by Gasteiger charge is 2.37. The molecule has 0 spiro atoms. The van der Waals surface area contributed by atoms with Crippen molar-refractivity contribution in [1.82, 2.24) is 10.2 Å². The summed E-state index contributed by atoms with van der Waals surface area (Å²) >= 11 is 0. The van der Waals surface area contributed by atoms with Crippen LogP contribution < -0.4 is 24.3 Å². The van der Waals surface area contributed by atoms with E-state index in [9.17, 15) is 9.59 Å². The van der Waals surface area contributed by atoms with Crippen molar-refractivity contribution in [2.75, 3.05) is 27.6 Å². The van der Waals surface area contributed by atoms with Gasteiger partial charge in [0.05, 0.1) is 26.7 Å². The molecule has 1 saturated heterocycles. The van der Waals surface area contributed by atoms with Gasteiger partial charge in [0.2, 0.25) is 18.6 Å². The van der Waals surface area contributed by atoms with Gasteiger partial charge in [-0.2, -0.15) is 0 Å². The molecule has 8 nitrogen and oxygen atoms in total. The Balaban J connectivity index is 1.33. The maximum atomic E-state index is 12.7. The highest BCUT2D eigenvalue weighted by Crippen LogP contribution is 2.32. The number of amides is 2. The number of hydrogen-bond acceptors (Lipinski definition) is 7. The lowest BCUT2D eigenvalue weighted by molar-refractivity contribution is -0.138. The zero-order valence-corrected chi connectivity index (χ0v) is 17.0. The molecule has 0 unspecified atom stereocenters. The number of imide groups is 1. The lowest BCUT2D eigenvalue weighted by Gasteiger charge is -2.16. The molecule has 0 saturated carbocycles. The Labute approximate surface area is 174 Å². The molecule has 158 valence electrons. The largest absolute Gasteiger partial charge is 0.493 e. The molecule has 8 heteroatoms. The molecule has 2 amide bonds. The zero-order valence-electron chi connectivity index (χ0n) is 17.0. The van der Waals surface area contributed by atoms with Crippen LogP contribution in [0, 0.1) is 0 Å². The molecule has 2 aromatic carbocycles. The number of hydrogen-bond donors (Lipinski definition) is 1. The van der Waals surface area contributed by atoms with Gasteiger partial charge in [-0.25, -0.2) is 0 Å². The van der Waals surface area contributed by atoms with Crippen LogP contribution in [0.25, 0.3) is 0 Å². The van der Waals surface area contributed by atoms with Crippen LogP contribution in [0.1, 0.15) is 17.5 Å². The van der Waals surface area contributed by atoms with Gasteiger partial charge < -0.3 is 24.3 Å². The molecule has 1 atom stereocenters. The molecule has 2 aliphatic rings. The van der Waals surface area contributed by atoms with E-state index in [0.29, 0.717) is 42.5 Å². The maximum Gasteiger partial charge on any atom is 0.246 e. The van der Waals surface area contributed by atoms with E-state index in [1.807, 2.05) is 36.4 Å². The fraction of sp³-hybridized carbons (Fsp3) is 0.364. The Hall–Kier alpha value is -3.26. The van der Waals surface area contributed by atoms with Gasteiger partial charge in [-0.05, 0) is 41.8 Å². The summed E-state index contributed by atoms with van der Waals surface area (Å²) in [4.78, 5) is 26.4. The number of nitrogens with one attached hydrogen (secondary N) is 1. The summed E-state index contributed by atoms with van der Waals surface area (Å²) in [5.74, 6) is 2.32. The van der Waals surface area contributed by atoms with Crippen LogP contribution in [-0.2, 0) is 22.6 Å². The number of ether oxygens (including phenoxy) is 4. The summed E-state index contributed by atoms with van der Waals surface area (Å²) in [6, 6.07) is 10.7. The minimum atomic E-state index is -0.520. The summed E-state index contributed by atoms with van der Waals surface area (Å²) in [6.45, 7) is 1.01. The molecule has 2 aliphatic heterocycles. The average Bonchev–Trinajstić information content (AvgIpc) is 3.34. The van der Waals surface area contributed by atoms with Gasteiger partial charge in [0.15, 0.2) is 23.0 Å². The number of methoxy groups -OCH3 is 2. The molecule has 30 heavy (non-hydrogen) atoms. The molecule has 0 radical (unpaired) electrons. The van der Waals surface area contributed by atoms with Crippen LogP contribution in [0.2, 0.25) is 0 Å². The molecular formula is C22H24N2O6. The predicted octanol–water partition coefficient (Wildman–Crippen LogP) is 1.89. The number of likely N-dealkylation sites (tertiary alicyclic amines) is 1. The Morgan fingerprint density at radius 2 is 1.77 bits per heavy atom. The summed E-state index contributed by atoms with van der Waals surface area (Å²) < 4.78 is 21.2. The number of fused-ring (bicyclic) bond motifs is 1. The van der Waals surface area contributed by atoms with Crippen molar-refractivity contribution in [3.05, 3.63) is 47.5 Å². The van der Waals surface area contributed by atoms with Gasteiger partial charge in [-0.3, -0.25) is 14.5 Å². The predicted molar refractivity (Wildman–Crippen MR) is 108 cm³/mol. The van der Waals surface area contributed by atoms with Gasteiger partial charge in [0.25, 0.3) is 0 Å². The first-order valence-electron chi connectivity index (χ1n) is 9.76. The molecule has 1 fully saturated rings. The van der Waals surface area contributed by atoms with E-state index in [-0.39, 0.29) is 25.0 Å². The SMILES string of the molecule is COc1ccc(CCN2C(=O)C[C@@H](NCc3ccc4c(c3)OCO4)C2=O)cc1OC. The van der Waals surface area contributed by atoms with Crippen molar-refractivity contribution < 1.29 is 28.5 Å². The molecular weight excluding hydrogens is 388 g/mol. The first-order chi connectivity index (χ1) is 14.6. The van der Waals surface area contributed by atoms with Gasteiger partial charge >= 0.3 is 0 Å². The Bertz CT molecular complexity index is 961. The minimum Gasteiger partial charge on any atom is -0.493 e. The second kappa shape index (κ2) is 8.62. The highest BCUT2D eigenvalue weighted by atomic mass is 16.7. The van der Waals surface area contributed by atoms with E-state index in [1.165, 1.54) is 4.90 Å². The average molecular weight is 412 g/mol. The summed E-state index contributed by atoms with van der Waals surface area (Å²) in [5, 5.41) is 3.19. The summed E-state index contributed by atoms with van der Waals surface area (Å²) in [7, 11) is 3.15. The Morgan fingerprint density at radius 3 is 2.57 bits per heavy atom. The van der Waals surface area contributed by atoms with Crippen molar-refractivity contribution in [2.45, 2.75) is 25.4 Å². The van der Waals surface area contributed by atoms with Crippen LogP contribution >= 0.6 is 0 Å². The fourth-order valence-corrected chi connectivity index (χ4v) is 3.65. The van der Waals surface area contributed by atoms with Crippen LogP contribution in [0.5, 0.6) is 23.0 Å². The van der Waals surface area contributed by atoms with E-state index in [1.54, 1.807) is 14.2 Å². The third-order valence-corrected chi connectivity index (χ3v) is 5.31. The molecule has 2 heterocycles. The molecule has 0 bridgehead atoms. The van der Waals surface area contributed by atoms with Crippen molar-refractivity contribution >= 4 is 11.8 Å². The first kappa shape index (κ1) is 20.0. The highest BCUT2D eigenvalue weighted by molar-refractivity contribution is 6.05. The second-order valence-electron chi connectivity index (χ2n) is 7.15. The maximum absolute atomic E-state index is 12.7. The number of nitrogens with zero attached hydrogens (tertiary/aromatic N) is 1. The molecule has 1 N–H and O–H groups in total. The zero-order chi connectivity index (χ0) is 21.1. The van der Waals surface area contributed by atoms with Crippen molar-refractivity contribution in [1.29, 1.82) is 0 Å². The quantitative estimate of drug-likeness (QED) is 0.663. The van der Waals surface area contributed by atoms with Crippen molar-refractivity contribution in [3.63, 3.8) is 0 Å². The van der Waals surface area contributed by atoms with E-state index < -0.39 is 6.04 Å². The molecule has 0 aliphatic carbocycles.